The van der Waals surface area contributed by atoms with E-state index in [1.54, 1.807) is 0 Å². The van der Waals surface area contributed by atoms with E-state index in [4.69, 9.17) is 10.3 Å². The van der Waals surface area contributed by atoms with Crippen LogP contribution in [0.4, 0.5) is 0 Å². The van der Waals surface area contributed by atoms with E-state index in [9.17, 15) is 4.79 Å². The first-order valence-electron chi connectivity index (χ1n) is 5.28. The second kappa shape index (κ2) is 5.18. The van der Waals surface area contributed by atoms with Crippen molar-refractivity contribution < 1.29 is 9.53 Å². The van der Waals surface area contributed by atoms with Gasteiger partial charge in [0.15, 0.2) is 0 Å². The number of cyclic esters (lactones) is 1. The second-order valence-electron chi connectivity index (χ2n) is 3.64. The van der Waals surface area contributed by atoms with Crippen molar-refractivity contribution in [3.63, 3.8) is 0 Å². The maximum atomic E-state index is 11.3. The number of carbonyl (C=O) groups excluding carboxylic acids is 1. The van der Waals surface area contributed by atoms with Crippen molar-refractivity contribution in [2.24, 2.45) is 5.11 Å². The largest absolute Gasteiger partial charge is 0.457 e. The van der Waals surface area contributed by atoms with Crippen LogP contribution in [-0.4, -0.2) is 12.5 Å². The maximum Gasteiger partial charge on any atom is 0.338 e. The summed E-state index contributed by atoms with van der Waals surface area (Å²) >= 11 is 0. The van der Waals surface area contributed by atoms with Crippen molar-refractivity contribution in [3.05, 3.63) is 51.4 Å². The normalized spacial score (nSPS) is 13.3. The lowest BCUT2D eigenvalue weighted by molar-refractivity contribution is 0.0535. The topological polar surface area (TPSA) is 75.1 Å². The van der Waals surface area contributed by atoms with E-state index in [1.807, 2.05) is 30.4 Å². The Kier molecular flexibility index (Phi) is 3.43. The van der Waals surface area contributed by atoms with E-state index in [1.165, 1.54) is 0 Å². The highest BCUT2D eigenvalue weighted by molar-refractivity contribution is 5.94. The molecule has 0 saturated heterocycles. The van der Waals surface area contributed by atoms with Crippen LogP contribution in [0.3, 0.4) is 0 Å². The zero-order valence-corrected chi connectivity index (χ0v) is 9.17. The molecule has 1 heterocycles. The number of carbonyl (C=O) groups is 1. The van der Waals surface area contributed by atoms with Crippen LogP contribution in [0.25, 0.3) is 16.5 Å². The van der Waals surface area contributed by atoms with Crippen molar-refractivity contribution in [2.75, 3.05) is 6.54 Å². The number of fused-ring (bicyclic) bond motifs is 1. The van der Waals surface area contributed by atoms with E-state index in [0.29, 0.717) is 25.1 Å². The molecule has 1 aromatic rings. The SMILES string of the molecule is [N-]=[N+]=NCCC=Cc1ccc2c(c1)C(=O)OC2. The minimum atomic E-state index is -0.260. The van der Waals surface area contributed by atoms with E-state index in [0.717, 1.165) is 11.1 Å². The lowest BCUT2D eigenvalue weighted by atomic mass is 10.1. The van der Waals surface area contributed by atoms with E-state index >= 15 is 0 Å². The van der Waals surface area contributed by atoms with Crippen molar-refractivity contribution in [2.45, 2.75) is 13.0 Å². The number of ether oxygens (including phenoxy) is 1. The molecule has 0 aromatic heterocycles. The highest BCUT2D eigenvalue weighted by Gasteiger charge is 2.20. The zero-order chi connectivity index (χ0) is 12.1. The Morgan fingerprint density at radius 3 is 3.24 bits per heavy atom. The van der Waals surface area contributed by atoms with Gasteiger partial charge in [0.05, 0.1) is 5.56 Å². The Labute approximate surface area is 98.3 Å². The van der Waals surface area contributed by atoms with Crippen molar-refractivity contribution in [1.82, 2.24) is 0 Å². The summed E-state index contributed by atoms with van der Waals surface area (Å²) in [5, 5.41) is 3.43. The minimum absolute atomic E-state index is 0.260. The van der Waals surface area contributed by atoms with E-state index in [-0.39, 0.29) is 5.97 Å². The van der Waals surface area contributed by atoms with Gasteiger partial charge in [-0.25, -0.2) is 4.79 Å². The summed E-state index contributed by atoms with van der Waals surface area (Å²) in [6.07, 6.45) is 4.50. The van der Waals surface area contributed by atoms with Crippen LogP contribution in [0.5, 0.6) is 0 Å². The molecule has 1 aliphatic heterocycles. The predicted octanol–water partition coefficient (Wildman–Crippen LogP) is 3.07. The maximum absolute atomic E-state index is 11.3. The lowest BCUT2D eigenvalue weighted by Gasteiger charge is -1.96. The van der Waals surface area contributed by atoms with Gasteiger partial charge in [0.25, 0.3) is 0 Å². The monoisotopic (exact) mass is 229 g/mol. The molecule has 0 aliphatic carbocycles. The first-order chi connectivity index (χ1) is 8.31. The second-order valence-corrected chi connectivity index (χ2v) is 3.64. The molecular weight excluding hydrogens is 218 g/mol. The Morgan fingerprint density at radius 1 is 1.53 bits per heavy atom. The van der Waals surface area contributed by atoms with Gasteiger partial charge in [-0.15, -0.1) is 0 Å². The Morgan fingerprint density at radius 2 is 2.41 bits per heavy atom. The van der Waals surface area contributed by atoms with Gasteiger partial charge in [-0.2, -0.15) is 0 Å². The van der Waals surface area contributed by atoms with Gasteiger partial charge in [-0.1, -0.05) is 29.4 Å². The molecular formula is C12H11N3O2. The lowest BCUT2D eigenvalue weighted by Crippen LogP contribution is -1.93. The molecule has 5 heteroatoms. The van der Waals surface area contributed by atoms with Crippen molar-refractivity contribution in [1.29, 1.82) is 0 Å². The molecule has 17 heavy (non-hydrogen) atoms. The molecule has 1 aliphatic rings. The number of nitrogens with zero attached hydrogens (tertiary/aromatic N) is 3. The molecule has 1 aromatic carbocycles. The third kappa shape index (κ3) is 2.65. The Balaban J connectivity index is 2.05. The molecule has 5 nitrogen and oxygen atoms in total. The number of benzene rings is 1. The van der Waals surface area contributed by atoms with Crippen LogP contribution in [-0.2, 0) is 11.3 Å². The van der Waals surface area contributed by atoms with E-state index in [2.05, 4.69) is 10.0 Å². The molecule has 0 fully saturated rings. The molecule has 0 N–H and O–H groups in total. The Hall–Kier alpha value is -2.26. The molecule has 0 unspecified atom stereocenters. The molecule has 0 spiro atoms. The quantitative estimate of drug-likeness (QED) is 0.261. The summed E-state index contributed by atoms with van der Waals surface area (Å²) in [5.41, 5.74) is 10.6. The molecule has 2 rings (SSSR count). The zero-order valence-electron chi connectivity index (χ0n) is 9.17. The van der Waals surface area contributed by atoms with Gasteiger partial charge in [0, 0.05) is 17.0 Å². The minimum Gasteiger partial charge on any atom is -0.457 e. The predicted molar refractivity (Wildman–Crippen MR) is 63.2 cm³/mol. The third-order valence-electron chi connectivity index (χ3n) is 2.48. The number of hydrogen-bond acceptors (Lipinski definition) is 3. The van der Waals surface area contributed by atoms with Crippen molar-refractivity contribution in [3.8, 4) is 0 Å². The fourth-order valence-corrected chi connectivity index (χ4v) is 1.63. The van der Waals surface area contributed by atoms with Crippen LogP contribution < -0.4 is 0 Å². The summed E-state index contributed by atoms with van der Waals surface area (Å²) in [6, 6.07) is 5.65. The number of rotatable bonds is 4. The summed E-state index contributed by atoms with van der Waals surface area (Å²) in [4.78, 5) is 14.0. The first-order valence-corrected chi connectivity index (χ1v) is 5.28. The number of hydrogen-bond donors (Lipinski definition) is 0. The summed E-state index contributed by atoms with van der Waals surface area (Å²) in [5.74, 6) is -0.260. The smallest absolute Gasteiger partial charge is 0.338 e. The fraction of sp³-hybridized carbons (Fsp3) is 0.250. The summed E-state index contributed by atoms with van der Waals surface area (Å²) in [6.45, 7) is 0.815. The highest BCUT2D eigenvalue weighted by atomic mass is 16.5. The van der Waals surface area contributed by atoms with E-state index < -0.39 is 0 Å². The van der Waals surface area contributed by atoms with Gasteiger partial charge < -0.3 is 4.74 Å². The molecule has 0 amide bonds. The highest BCUT2D eigenvalue weighted by Crippen LogP contribution is 2.21. The van der Waals surface area contributed by atoms with Gasteiger partial charge in [0.1, 0.15) is 6.61 Å². The number of azide groups is 1. The van der Waals surface area contributed by atoms with Gasteiger partial charge in [-0.3, -0.25) is 0 Å². The van der Waals surface area contributed by atoms with Crippen LogP contribution in [0.1, 0.15) is 27.9 Å². The molecule has 86 valence electrons. The standard InChI is InChI=1S/C12H11N3O2/c13-15-14-6-2-1-3-9-4-5-10-8-17-12(16)11(10)7-9/h1,3-5,7H,2,6,8H2. The number of esters is 1. The summed E-state index contributed by atoms with van der Waals surface area (Å²) in [7, 11) is 0. The third-order valence-corrected chi connectivity index (χ3v) is 2.48. The molecule has 0 saturated carbocycles. The Bertz CT molecular complexity index is 516. The fourth-order valence-electron chi connectivity index (χ4n) is 1.63. The van der Waals surface area contributed by atoms with Gasteiger partial charge in [0.2, 0.25) is 0 Å². The van der Waals surface area contributed by atoms with Crippen LogP contribution in [0.2, 0.25) is 0 Å². The molecule has 0 radical (unpaired) electrons. The van der Waals surface area contributed by atoms with Crippen LogP contribution >= 0.6 is 0 Å². The van der Waals surface area contributed by atoms with Crippen LogP contribution in [0.15, 0.2) is 29.4 Å². The first kappa shape index (κ1) is 11.2. The molecule has 0 bridgehead atoms. The van der Waals surface area contributed by atoms with Crippen molar-refractivity contribution >= 4 is 12.0 Å². The average molecular weight is 229 g/mol. The average Bonchev–Trinajstić information content (AvgIpc) is 2.71. The molecule has 0 atom stereocenters. The van der Waals surface area contributed by atoms with Crippen LogP contribution in [0, 0.1) is 0 Å². The summed E-state index contributed by atoms with van der Waals surface area (Å²) < 4.78 is 4.92. The van der Waals surface area contributed by atoms with Gasteiger partial charge >= 0.3 is 5.97 Å². The van der Waals surface area contributed by atoms with Gasteiger partial charge in [-0.05, 0) is 23.6 Å².